The van der Waals surface area contributed by atoms with Gasteiger partial charge in [0.2, 0.25) is 5.91 Å². The standard InChI is InChI=1S/C27H27N3O4/c1-27(21-12-11-18-9-6-10-20(18)15-21)25(32)30(26(33)28-27)17-24(31)29(2)16-22-13-14-23(34-22)19-7-4-3-5-8-19/h3-5,7-8,11-15H,6,9-10,16-17H2,1-2H3,(H,28,33)/t27-/m0/s1. The SMILES string of the molecule is CN(Cc1ccc(-c2ccccc2)o1)C(=O)CN1C(=O)N[C@@](C)(c2ccc3c(c2)CCC3)C1=O. The summed E-state index contributed by atoms with van der Waals surface area (Å²) in [5, 5.41) is 2.80. The lowest BCUT2D eigenvalue weighted by Crippen LogP contribution is -2.43. The number of imide groups is 1. The zero-order valence-electron chi connectivity index (χ0n) is 19.3. The van der Waals surface area contributed by atoms with E-state index in [1.54, 1.807) is 14.0 Å². The summed E-state index contributed by atoms with van der Waals surface area (Å²) in [5.74, 6) is 0.575. The van der Waals surface area contributed by atoms with Crippen LogP contribution in [0.1, 0.15) is 35.8 Å². The molecule has 5 rings (SSSR count). The number of hydrogen-bond donors (Lipinski definition) is 1. The fourth-order valence-electron chi connectivity index (χ4n) is 4.72. The molecule has 1 N–H and O–H groups in total. The molecule has 34 heavy (non-hydrogen) atoms. The highest BCUT2D eigenvalue weighted by molar-refractivity contribution is 6.09. The smallest absolute Gasteiger partial charge is 0.325 e. The molecule has 2 aromatic carbocycles. The summed E-state index contributed by atoms with van der Waals surface area (Å²) >= 11 is 0. The van der Waals surface area contributed by atoms with Gasteiger partial charge in [0.05, 0.1) is 6.54 Å². The van der Waals surface area contributed by atoms with Gasteiger partial charge in [-0.2, -0.15) is 0 Å². The summed E-state index contributed by atoms with van der Waals surface area (Å²) in [4.78, 5) is 41.3. The van der Waals surface area contributed by atoms with E-state index in [-0.39, 0.29) is 19.0 Å². The lowest BCUT2D eigenvalue weighted by molar-refractivity contribution is -0.138. The van der Waals surface area contributed by atoms with Crippen LogP contribution in [0.2, 0.25) is 0 Å². The van der Waals surface area contributed by atoms with E-state index >= 15 is 0 Å². The Balaban J connectivity index is 1.26. The van der Waals surface area contributed by atoms with Crippen LogP contribution in [0.5, 0.6) is 0 Å². The Labute approximate surface area is 198 Å². The van der Waals surface area contributed by atoms with Crippen LogP contribution in [0.15, 0.2) is 65.1 Å². The molecule has 4 amide bonds. The molecule has 7 heteroatoms. The third kappa shape index (κ3) is 3.87. The summed E-state index contributed by atoms with van der Waals surface area (Å²) in [6, 6.07) is 18.8. The molecule has 0 saturated carbocycles. The van der Waals surface area contributed by atoms with Gasteiger partial charge in [-0.15, -0.1) is 0 Å². The molecular weight excluding hydrogens is 430 g/mol. The lowest BCUT2D eigenvalue weighted by atomic mass is 9.89. The Morgan fingerprint density at radius 3 is 2.62 bits per heavy atom. The van der Waals surface area contributed by atoms with E-state index in [1.165, 1.54) is 16.0 Å². The van der Waals surface area contributed by atoms with E-state index in [4.69, 9.17) is 4.42 Å². The largest absolute Gasteiger partial charge is 0.459 e. The molecule has 1 saturated heterocycles. The van der Waals surface area contributed by atoms with Crippen molar-refractivity contribution in [2.75, 3.05) is 13.6 Å². The van der Waals surface area contributed by atoms with Crippen molar-refractivity contribution in [3.05, 3.63) is 83.1 Å². The second-order valence-electron chi connectivity index (χ2n) is 9.17. The van der Waals surface area contributed by atoms with Crippen molar-refractivity contribution in [1.82, 2.24) is 15.1 Å². The van der Waals surface area contributed by atoms with Gasteiger partial charge in [-0.3, -0.25) is 14.5 Å². The Hall–Kier alpha value is -3.87. The zero-order chi connectivity index (χ0) is 23.9. The topological polar surface area (TPSA) is 82.9 Å². The number of likely N-dealkylation sites (N-methyl/N-ethyl adjacent to an activating group) is 1. The first-order valence-corrected chi connectivity index (χ1v) is 11.5. The fraction of sp³-hybridized carbons (Fsp3) is 0.296. The summed E-state index contributed by atoms with van der Waals surface area (Å²) in [6.07, 6.45) is 3.13. The fourth-order valence-corrected chi connectivity index (χ4v) is 4.72. The number of nitrogens with zero attached hydrogens (tertiary/aromatic N) is 2. The first-order valence-electron chi connectivity index (χ1n) is 11.5. The van der Waals surface area contributed by atoms with Crippen molar-refractivity contribution in [2.45, 2.75) is 38.3 Å². The van der Waals surface area contributed by atoms with Crippen molar-refractivity contribution in [1.29, 1.82) is 0 Å². The van der Waals surface area contributed by atoms with E-state index in [2.05, 4.69) is 5.32 Å². The van der Waals surface area contributed by atoms with E-state index in [0.29, 0.717) is 5.76 Å². The van der Waals surface area contributed by atoms with E-state index in [9.17, 15) is 14.4 Å². The number of carbonyl (C=O) groups excluding carboxylic acids is 3. The predicted molar refractivity (Wildman–Crippen MR) is 127 cm³/mol. The van der Waals surface area contributed by atoms with Crippen LogP contribution < -0.4 is 5.32 Å². The van der Waals surface area contributed by atoms with Gasteiger partial charge < -0.3 is 14.6 Å². The third-order valence-corrected chi connectivity index (χ3v) is 6.78. The van der Waals surface area contributed by atoms with Gasteiger partial charge >= 0.3 is 6.03 Å². The number of urea groups is 1. The summed E-state index contributed by atoms with van der Waals surface area (Å²) in [6.45, 7) is 1.61. The van der Waals surface area contributed by atoms with Gasteiger partial charge in [-0.25, -0.2) is 4.79 Å². The monoisotopic (exact) mass is 457 g/mol. The number of hydrogen-bond acceptors (Lipinski definition) is 4. The highest BCUT2D eigenvalue weighted by Crippen LogP contribution is 2.32. The molecule has 1 aliphatic heterocycles. The molecule has 3 aromatic rings. The molecule has 1 fully saturated rings. The average Bonchev–Trinajstić information content (AvgIpc) is 3.55. The van der Waals surface area contributed by atoms with Crippen LogP contribution >= 0.6 is 0 Å². The number of amides is 4. The van der Waals surface area contributed by atoms with Crippen molar-refractivity contribution in [3.8, 4) is 11.3 Å². The van der Waals surface area contributed by atoms with Crippen LogP contribution in [-0.4, -0.2) is 41.2 Å². The molecule has 0 radical (unpaired) electrons. The van der Waals surface area contributed by atoms with Crippen molar-refractivity contribution in [2.24, 2.45) is 0 Å². The highest BCUT2D eigenvalue weighted by Gasteiger charge is 2.49. The summed E-state index contributed by atoms with van der Waals surface area (Å²) < 4.78 is 5.88. The molecule has 7 nitrogen and oxygen atoms in total. The molecule has 0 bridgehead atoms. The molecule has 174 valence electrons. The second-order valence-corrected chi connectivity index (χ2v) is 9.17. The molecule has 1 aliphatic carbocycles. The minimum atomic E-state index is -1.18. The number of rotatable bonds is 6. The third-order valence-electron chi connectivity index (χ3n) is 6.78. The Morgan fingerprint density at radius 2 is 1.82 bits per heavy atom. The first-order chi connectivity index (χ1) is 16.3. The number of fused-ring (bicyclic) bond motifs is 1. The maximum atomic E-state index is 13.3. The number of nitrogens with one attached hydrogen (secondary N) is 1. The highest BCUT2D eigenvalue weighted by atomic mass is 16.3. The minimum Gasteiger partial charge on any atom is -0.459 e. The minimum absolute atomic E-state index is 0.234. The molecule has 2 aliphatic rings. The van der Waals surface area contributed by atoms with Crippen LogP contribution in [0, 0.1) is 0 Å². The van der Waals surface area contributed by atoms with Crippen LogP contribution in [0.3, 0.4) is 0 Å². The quantitative estimate of drug-likeness (QED) is 0.570. The number of furan rings is 1. The summed E-state index contributed by atoms with van der Waals surface area (Å²) in [5.41, 5.74) is 3.04. The number of aryl methyl sites for hydroxylation is 2. The van der Waals surface area contributed by atoms with Crippen molar-refractivity contribution < 1.29 is 18.8 Å². The van der Waals surface area contributed by atoms with Gasteiger partial charge in [-0.05, 0) is 55.0 Å². The van der Waals surface area contributed by atoms with Gasteiger partial charge in [0.15, 0.2) is 0 Å². The first kappa shape index (κ1) is 21.9. The Morgan fingerprint density at radius 1 is 1.06 bits per heavy atom. The maximum absolute atomic E-state index is 13.3. The molecule has 0 unspecified atom stereocenters. The number of carbonyl (C=O) groups is 3. The molecule has 2 heterocycles. The van der Waals surface area contributed by atoms with Crippen molar-refractivity contribution >= 4 is 17.8 Å². The molecule has 0 spiro atoms. The number of benzene rings is 2. The average molecular weight is 458 g/mol. The van der Waals surface area contributed by atoms with E-state index in [0.717, 1.165) is 41.0 Å². The van der Waals surface area contributed by atoms with Gasteiger partial charge in [0.25, 0.3) is 5.91 Å². The van der Waals surface area contributed by atoms with Crippen LogP contribution in [0.4, 0.5) is 4.79 Å². The van der Waals surface area contributed by atoms with Crippen LogP contribution in [-0.2, 0) is 34.5 Å². The van der Waals surface area contributed by atoms with E-state index in [1.807, 2.05) is 60.7 Å². The van der Waals surface area contributed by atoms with E-state index < -0.39 is 17.5 Å². The normalized spacial score (nSPS) is 19.3. The van der Waals surface area contributed by atoms with Gasteiger partial charge in [-0.1, -0.05) is 48.5 Å². The Bertz CT molecular complexity index is 1270. The zero-order valence-corrected chi connectivity index (χ0v) is 19.3. The Kier molecular flexibility index (Phi) is 5.48. The van der Waals surface area contributed by atoms with Gasteiger partial charge in [0, 0.05) is 12.6 Å². The maximum Gasteiger partial charge on any atom is 0.325 e. The lowest BCUT2D eigenvalue weighted by Gasteiger charge is -2.23. The van der Waals surface area contributed by atoms with Gasteiger partial charge in [0.1, 0.15) is 23.6 Å². The second kappa shape index (κ2) is 8.48. The molecule has 1 aromatic heterocycles. The molecular formula is C27H27N3O4. The molecule has 1 atom stereocenters. The summed E-state index contributed by atoms with van der Waals surface area (Å²) in [7, 11) is 1.63. The van der Waals surface area contributed by atoms with Crippen molar-refractivity contribution in [3.63, 3.8) is 0 Å². The van der Waals surface area contributed by atoms with Crippen LogP contribution in [0.25, 0.3) is 11.3 Å². The predicted octanol–water partition coefficient (Wildman–Crippen LogP) is 3.86.